The van der Waals surface area contributed by atoms with Gasteiger partial charge in [0, 0.05) is 16.6 Å². The number of carboxylic acids is 1. The molecule has 0 aliphatic carbocycles. The molecule has 6 nitrogen and oxygen atoms in total. The first-order chi connectivity index (χ1) is 11.6. The third-order valence-corrected chi connectivity index (χ3v) is 4.14. The predicted molar refractivity (Wildman–Crippen MR) is 93.6 cm³/mol. The van der Waals surface area contributed by atoms with E-state index in [2.05, 4.69) is 28.0 Å². The molecule has 2 atom stereocenters. The van der Waals surface area contributed by atoms with Gasteiger partial charge in [-0.05, 0) is 31.0 Å². The zero-order chi connectivity index (χ0) is 17.5. The van der Waals surface area contributed by atoms with Gasteiger partial charge in [-0.3, -0.25) is 0 Å². The zero-order valence-electron chi connectivity index (χ0n) is 13.8. The first-order valence-electron chi connectivity index (χ1n) is 8.07. The molecule has 0 aromatic heterocycles. The molecular formula is C17H22BrNO5. The van der Waals surface area contributed by atoms with E-state index in [0.29, 0.717) is 36.7 Å². The Hall–Kier alpha value is -1.60. The second-order valence-electron chi connectivity index (χ2n) is 5.48. The molecule has 24 heavy (non-hydrogen) atoms. The molecule has 0 saturated heterocycles. The van der Waals surface area contributed by atoms with Crippen LogP contribution in [0.25, 0.3) is 0 Å². The summed E-state index contributed by atoms with van der Waals surface area (Å²) in [5, 5.41) is 13.3. The molecule has 1 heterocycles. The van der Waals surface area contributed by atoms with Crippen LogP contribution in [0.3, 0.4) is 0 Å². The van der Waals surface area contributed by atoms with Crippen molar-refractivity contribution >= 4 is 27.6 Å². The van der Waals surface area contributed by atoms with Crippen molar-refractivity contribution in [1.82, 2.24) is 0 Å². The quantitative estimate of drug-likeness (QED) is 0.641. The van der Waals surface area contributed by atoms with Crippen LogP contribution in [0.1, 0.15) is 38.7 Å². The van der Waals surface area contributed by atoms with Gasteiger partial charge in [-0.15, -0.1) is 0 Å². The summed E-state index contributed by atoms with van der Waals surface area (Å²) in [6.07, 6.45) is 1.18. The van der Waals surface area contributed by atoms with Crippen LogP contribution in [0, 0.1) is 0 Å². The molecule has 0 fully saturated rings. The fraction of sp³-hybridized carbons (Fsp3) is 0.529. The van der Waals surface area contributed by atoms with Gasteiger partial charge in [0.25, 0.3) is 0 Å². The van der Waals surface area contributed by atoms with Crippen LogP contribution in [0.5, 0.6) is 5.75 Å². The van der Waals surface area contributed by atoms with Crippen molar-refractivity contribution in [3.05, 3.63) is 28.2 Å². The van der Waals surface area contributed by atoms with E-state index < -0.39 is 12.1 Å². The Kier molecular flexibility index (Phi) is 7.05. The first kappa shape index (κ1) is 18.7. The van der Waals surface area contributed by atoms with Crippen molar-refractivity contribution in [3.63, 3.8) is 0 Å². The van der Waals surface area contributed by atoms with Gasteiger partial charge in [-0.25, -0.2) is 4.79 Å². The molecule has 0 saturated carbocycles. The highest BCUT2D eigenvalue weighted by atomic mass is 79.9. The molecule has 0 amide bonds. The molecule has 0 radical (unpaired) electrons. The number of halogens is 1. The highest BCUT2D eigenvalue weighted by molar-refractivity contribution is 9.10. The maximum Gasteiger partial charge on any atom is 0.344 e. The monoisotopic (exact) mass is 399 g/mol. The van der Waals surface area contributed by atoms with Crippen LogP contribution in [-0.4, -0.2) is 42.2 Å². The van der Waals surface area contributed by atoms with Crippen LogP contribution >= 0.6 is 15.9 Å². The van der Waals surface area contributed by atoms with Gasteiger partial charge in [-0.1, -0.05) is 41.4 Å². The van der Waals surface area contributed by atoms with E-state index in [1.54, 1.807) is 19.1 Å². The number of carbonyl (C=O) groups is 1. The molecular weight excluding hydrogens is 378 g/mol. The number of carboxylic acid groups (broad SMARTS) is 1. The standard InChI is InChI=1S/C17H22BrNO5/c1-3-5-8-22-15-10-23-19-16(15)12-9-11(18)6-7-14(12)24-13(4-2)17(20)21/h6-7,9,13,15H,3-5,8,10H2,1-2H3,(H,20,21). The highest BCUT2D eigenvalue weighted by Gasteiger charge is 2.29. The second-order valence-corrected chi connectivity index (χ2v) is 6.39. The lowest BCUT2D eigenvalue weighted by Gasteiger charge is -2.18. The topological polar surface area (TPSA) is 77.3 Å². The summed E-state index contributed by atoms with van der Waals surface area (Å²) in [6, 6.07) is 5.37. The van der Waals surface area contributed by atoms with Crippen molar-refractivity contribution in [2.24, 2.45) is 5.16 Å². The summed E-state index contributed by atoms with van der Waals surface area (Å²) in [4.78, 5) is 16.5. The van der Waals surface area contributed by atoms with Crippen LogP contribution < -0.4 is 4.74 Å². The molecule has 7 heteroatoms. The van der Waals surface area contributed by atoms with E-state index in [9.17, 15) is 9.90 Å². The number of hydrogen-bond acceptors (Lipinski definition) is 5. The van der Waals surface area contributed by atoms with Crippen molar-refractivity contribution in [3.8, 4) is 5.75 Å². The molecule has 1 aromatic rings. The summed E-state index contributed by atoms with van der Waals surface area (Å²) in [5.41, 5.74) is 1.31. The number of ether oxygens (including phenoxy) is 2. The normalized spacial score (nSPS) is 18.0. The van der Waals surface area contributed by atoms with Crippen LogP contribution in [0.15, 0.2) is 27.8 Å². The highest BCUT2D eigenvalue weighted by Crippen LogP contribution is 2.29. The van der Waals surface area contributed by atoms with Gasteiger partial charge in [0.05, 0.1) is 0 Å². The molecule has 132 valence electrons. The van der Waals surface area contributed by atoms with Crippen LogP contribution in [-0.2, 0) is 14.4 Å². The number of aliphatic carboxylic acids is 1. The predicted octanol–water partition coefficient (Wildman–Crippen LogP) is 3.61. The number of rotatable bonds is 9. The van der Waals surface area contributed by atoms with Gasteiger partial charge >= 0.3 is 5.97 Å². The minimum atomic E-state index is -0.994. The van der Waals surface area contributed by atoms with E-state index in [-0.39, 0.29) is 6.10 Å². The number of nitrogens with zero attached hydrogens (tertiary/aromatic N) is 1. The molecule has 1 aromatic carbocycles. The van der Waals surface area contributed by atoms with Crippen molar-refractivity contribution in [2.45, 2.75) is 45.3 Å². The Morgan fingerprint density at radius 1 is 1.50 bits per heavy atom. The maximum absolute atomic E-state index is 11.3. The Bertz CT molecular complexity index is 605. The average molecular weight is 400 g/mol. The minimum Gasteiger partial charge on any atom is -0.479 e. The summed E-state index contributed by atoms with van der Waals surface area (Å²) in [5.74, 6) is -0.535. The zero-order valence-corrected chi connectivity index (χ0v) is 15.4. The van der Waals surface area contributed by atoms with Crippen LogP contribution in [0.2, 0.25) is 0 Å². The van der Waals surface area contributed by atoms with E-state index >= 15 is 0 Å². The largest absolute Gasteiger partial charge is 0.479 e. The number of unbranched alkanes of at least 4 members (excludes halogenated alkanes) is 1. The number of oxime groups is 1. The minimum absolute atomic E-state index is 0.280. The molecule has 2 rings (SSSR count). The van der Waals surface area contributed by atoms with Gasteiger partial charge in [0.15, 0.2) is 6.10 Å². The average Bonchev–Trinajstić information content (AvgIpc) is 3.02. The number of hydrogen-bond donors (Lipinski definition) is 1. The molecule has 2 unspecified atom stereocenters. The van der Waals surface area contributed by atoms with E-state index in [1.807, 2.05) is 6.07 Å². The molecule has 0 spiro atoms. The summed E-state index contributed by atoms with van der Waals surface area (Å²) in [6.45, 7) is 4.84. The molecule has 1 N–H and O–H groups in total. The fourth-order valence-electron chi connectivity index (χ4n) is 2.30. The maximum atomic E-state index is 11.3. The smallest absolute Gasteiger partial charge is 0.344 e. The van der Waals surface area contributed by atoms with Gasteiger partial charge in [-0.2, -0.15) is 0 Å². The fourth-order valence-corrected chi connectivity index (χ4v) is 2.66. The third-order valence-electron chi connectivity index (χ3n) is 3.64. The Morgan fingerprint density at radius 3 is 2.96 bits per heavy atom. The van der Waals surface area contributed by atoms with Gasteiger partial charge < -0.3 is 19.4 Å². The summed E-state index contributed by atoms with van der Waals surface area (Å²) in [7, 11) is 0. The molecule has 0 bridgehead atoms. The first-order valence-corrected chi connectivity index (χ1v) is 8.86. The number of benzene rings is 1. The molecule has 1 aliphatic rings. The lowest BCUT2D eigenvalue weighted by molar-refractivity contribution is -0.145. The van der Waals surface area contributed by atoms with Crippen molar-refractivity contribution in [1.29, 1.82) is 0 Å². The van der Waals surface area contributed by atoms with E-state index in [0.717, 1.165) is 17.3 Å². The molecule has 1 aliphatic heterocycles. The van der Waals surface area contributed by atoms with Crippen LogP contribution in [0.4, 0.5) is 0 Å². The Balaban J connectivity index is 2.24. The van der Waals surface area contributed by atoms with Crippen molar-refractivity contribution in [2.75, 3.05) is 13.2 Å². The summed E-state index contributed by atoms with van der Waals surface area (Å²) < 4.78 is 12.4. The Labute approximate surface area is 149 Å². The van der Waals surface area contributed by atoms with E-state index in [1.165, 1.54) is 0 Å². The van der Waals surface area contributed by atoms with Crippen molar-refractivity contribution < 1.29 is 24.2 Å². The SMILES string of the molecule is CCCCOC1CON=C1c1cc(Br)ccc1OC(CC)C(=O)O. The lowest BCUT2D eigenvalue weighted by Crippen LogP contribution is -2.29. The Morgan fingerprint density at radius 2 is 2.29 bits per heavy atom. The van der Waals surface area contributed by atoms with Gasteiger partial charge in [0.2, 0.25) is 0 Å². The second kappa shape index (κ2) is 9.03. The summed E-state index contributed by atoms with van der Waals surface area (Å²) >= 11 is 3.43. The van der Waals surface area contributed by atoms with Gasteiger partial charge in [0.1, 0.15) is 24.2 Å². The van der Waals surface area contributed by atoms with E-state index in [4.69, 9.17) is 14.3 Å². The lowest BCUT2D eigenvalue weighted by atomic mass is 10.0. The third kappa shape index (κ3) is 4.70.